The number of hydrogen-bond donors (Lipinski definition) is 2. The van der Waals surface area contributed by atoms with Gasteiger partial charge in [-0.25, -0.2) is 9.97 Å². The Labute approximate surface area is 187 Å². The van der Waals surface area contributed by atoms with Crippen LogP contribution in [0.5, 0.6) is 0 Å². The van der Waals surface area contributed by atoms with Crippen LogP contribution in [-0.4, -0.2) is 25.9 Å². The minimum Gasteiger partial charge on any atom is -0.349 e. The molecule has 0 saturated carbocycles. The smallest absolute Gasteiger partial charge is 0.257 e. The van der Waals surface area contributed by atoms with Crippen LogP contribution in [-0.2, 0) is 12.0 Å². The highest BCUT2D eigenvalue weighted by Gasteiger charge is 2.40. The maximum absolute atomic E-state index is 8.45. The summed E-state index contributed by atoms with van der Waals surface area (Å²) in [7, 11) is 0. The van der Waals surface area contributed by atoms with E-state index < -0.39 is 5.54 Å². The lowest BCUT2D eigenvalue weighted by Gasteiger charge is -2.35. The van der Waals surface area contributed by atoms with Gasteiger partial charge in [-0.15, -0.1) is 17.8 Å². The molecule has 0 amide bonds. The van der Waals surface area contributed by atoms with E-state index in [1.54, 1.807) is 6.20 Å². The Morgan fingerprint density at radius 2 is 2.13 bits per heavy atom. The number of amidine groups is 1. The zero-order valence-electron chi connectivity index (χ0n) is 16.3. The van der Waals surface area contributed by atoms with Crippen molar-refractivity contribution in [1.82, 2.24) is 25.4 Å². The predicted octanol–water partition coefficient (Wildman–Crippen LogP) is 4.22. The largest absolute Gasteiger partial charge is 0.349 e. The number of benzene rings is 1. The normalized spacial score (nSPS) is 17.6. The SMILES string of the molecule is C#C[C@@]1(c2sc(-c3cccc(-c4ncno4)c3)cc2Cl)Cc2nc(C)ncc2C(=N)N1. The van der Waals surface area contributed by atoms with Crippen LogP contribution in [0.2, 0.25) is 5.02 Å². The van der Waals surface area contributed by atoms with Crippen molar-refractivity contribution in [1.29, 1.82) is 5.41 Å². The third-order valence-corrected chi connectivity index (χ3v) is 6.86. The molecular formula is C22H15ClN6OS. The second kappa shape index (κ2) is 7.30. The van der Waals surface area contributed by atoms with Gasteiger partial charge < -0.3 is 9.84 Å². The van der Waals surface area contributed by atoms with Crippen molar-refractivity contribution in [2.75, 3.05) is 0 Å². The van der Waals surface area contributed by atoms with Crippen LogP contribution in [0.1, 0.15) is 22.0 Å². The van der Waals surface area contributed by atoms with Crippen LogP contribution in [0.15, 0.2) is 47.4 Å². The number of hydrogen-bond acceptors (Lipinski definition) is 7. The lowest BCUT2D eigenvalue weighted by atomic mass is 9.86. The van der Waals surface area contributed by atoms with Gasteiger partial charge in [-0.3, -0.25) is 5.41 Å². The van der Waals surface area contributed by atoms with Gasteiger partial charge >= 0.3 is 0 Å². The molecule has 152 valence electrons. The Morgan fingerprint density at radius 1 is 1.29 bits per heavy atom. The number of nitrogens with zero attached hydrogens (tertiary/aromatic N) is 4. The summed E-state index contributed by atoms with van der Waals surface area (Å²) in [6.45, 7) is 1.82. The summed E-state index contributed by atoms with van der Waals surface area (Å²) < 4.78 is 5.17. The average molecular weight is 447 g/mol. The van der Waals surface area contributed by atoms with Crippen molar-refractivity contribution >= 4 is 28.8 Å². The highest BCUT2D eigenvalue weighted by atomic mass is 35.5. The predicted molar refractivity (Wildman–Crippen MR) is 119 cm³/mol. The molecule has 5 rings (SSSR count). The topological polar surface area (TPSA) is 101 Å². The number of aryl methyl sites for hydroxylation is 1. The Morgan fingerprint density at radius 3 is 2.90 bits per heavy atom. The van der Waals surface area contributed by atoms with E-state index in [2.05, 4.69) is 31.3 Å². The molecule has 1 aliphatic heterocycles. The average Bonchev–Trinajstić information content (AvgIpc) is 3.44. The lowest BCUT2D eigenvalue weighted by molar-refractivity contribution is 0.430. The molecule has 0 bridgehead atoms. The van der Waals surface area contributed by atoms with Crippen LogP contribution < -0.4 is 5.32 Å². The number of rotatable bonds is 3. The number of fused-ring (bicyclic) bond motifs is 1. The first-order valence-corrected chi connectivity index (χ1v) is 10.5. The zero-order chi connectivity index (χ0) is 21.6. The molecule has 3 aromatic heterocycles. The number of halogens is 1. The van der Waals surface area contributed by atoms with Gasteiger partial charge in [0.2, 0.25) is 0 Å². The van der Waals surface area contributed by atoms with Gasteiger partial charge in [-0.05, 0) is 30.7 Å². The molecule has 1 aromatic carbocycles. The molecule has 31 heavy (non-hydrogen) atoms. The minimum absolute atomic E-state index is 0.184. The molecule has 2 N–H and O–H groups in total. The molecule has 4 heterocycles. The van der Waals surface area contributed by atoms with Gasteiger partial charge in [0.05, 0.1) is 21.2 Å². The number of aromatic nitrogens is 4. The standard InChI is InChI=1S/C22H15ClN6OS/c1-3-22(9-17-15(20(24)29-22)10-25-12(2)28-17)19-16(23)8-18(31-19)13-5-4-6-14(7-13)21-26-11-27-30-21/h1,4-8,10-11H,9H2,2H3,(H2,24,29)/t22-/m0/s1. The van der Waals surface area contributed by atoms with Crippen LogP contribution in [0.3, 0.4) is 0 Å². The van der Waals surface area contributed by atoms with E-state index >= 15 is 0 Å². The lowest BCUT2D eigenvalue weighted by Crippen LogP contribution is -2.50. The first kappa shape index (κ1) is 19.4. The Bertz CT molecular complexity index is 1360. The van der Waals surface area contributed by atoms with Gasteiger partial charge in [0.15, 0.2) is 6.33 Å². The van der Waals surface area contributed by atoms with E-state index in [-0.39, 0.29) is 5.84 Å². The number of nitrogens with one attached hydrogen (secondary N) is 2. The molecule has 0 radical (unpaired) electrons. The highest BCUT2D eigenvalue weighted by molar-refractivity contribution is 7.16. The summed E-state index contributed by atoms with van der Waals surface area (Å²) in [6, 6.07) is 9.66. The molecule has 4 aromatic rings. The second-order valence-electron chi connectivity index (χ2n) is 7.12. The molecule has 1 atom stereocenters. The summed E-state index contributed by atoms with van der Waals surface area (Å²) in [5, 5.41) is 15.8. The molecule has 0 fully saturated rings. The molecule has 1 aliphatic rings. The summed E-state index contributed by atoms with van der Waals surface area (Å²) in [5.41, 5.74) is 2.18. The molecule has 0 saturated heterocycles. The molecule has 7 nitrogen and oxygen atoms in total. The van der Waals surface area contributed by atoms with Gasteiger partial charge in [-0.1, -0.05) is 34.8 Å². The van der Waals surface area contributed by atoms with Gasteiger partial charge in [-0.2, -0.15) is 4.98 Å². The first-order chi connectivity index (χ1) is 15.0. The summed E-state index contributed by atoms with van der Waals surface area (Å²) in [6.07, 6.45) is 9.43. The maximum atomic E-state index is 8.45. The quantitative estimate of drug-likeness (QED) is 0.457. The fraction of sp³-hybridized carbons (Fsp3) is 0.136. The van der Waals surface area contributed by atoms with Gasteiger partial charge in [0.1, 0.15) is 17.2 Å². The fourth-order valence-corrected chi connectivity index (χ4v) is 5.24. The van der Waals surface area contributed by atoms with E-state index in [1.807, 2.05) is 37.3 Å². The maximum Gasteiger partial charge on any atom is 0.257 e. The zero-order valence-corrected chi connectivity index (χ0v) is 17.9. The van der Waals surface area contributed by atoms with Crippen molar-refractivity contribution in [3.8, 4) is 34.2 Å². The monoisotopic (exact) mass is 446 g/mol. The van der Waals surface area contributed by atoms with Crippen LogP contribution in [0, 0.1) is 24.7 Å². The van der Waals surface area contributed by atoms with E-state index in [1.165, 1.54) is 17.7 Å². The van der Waals surface area contributed by atoms with Crippen LogP contribution in [0.25, 0.3) is 21.9 Å². The Balaban J connectivity index is 1.57. The van der Waals surface area contributed by atoms with Crippen molar-refractivity contribution in [3.63, 3.8) is 0 Å². The third kappa shape index (κ3) is 3.28. The van der Waals surface area contributed by atoms with E-state index in [4.69, 9.17) is 28.0 Å². The number of thiophene rings is 1. The minimum atomic E-state index is -0.963. The van der Waals surface area contributed by atoms with Crippen LogP contribution in [0.4, 0.5) is 0 Å². The molecular weight excluding hydrogens is 432 g/mol. The first-order valence-electron chi connectivity index (χ1n) is 9.34. The highest BCUT2D eigenvalue weighted by Crippen LogP contribution is 2.43. The molecule has 0 aliphatic carbocycles. The fourth-order valence-electron chi connectivity index (χ4n) is 3.63. The van der Waals surface area contributed by atoms with E-state index in [0.29, 0.717) is 28.7 Å². The molecule has 9 heteroatoms. The van der Waals surface area contributed by atoms with Crippen LogP contribution >= 0.6 is 22.9 Å². The van der Waals surface area contributed by atoms with Crippen molar-refractivity contribution in [3.05, 3.63) is 69.8 Å². The molecule has 0 spiro atoms. The van der Waals surface area contributed by atoms with E-state index in [9.17, 15) is 0 Å². The number of terminal acetylenes is 1. The van der Waals surface area contributed by atoms with Gasteiger partial charge in [0, 0.05) is 23.1 Å². The summed E-state index contributed by atoms with van der Waals surface area (Å²) in [5.74, 6) is 4.11. The third-order valence-electron chi connectivity index (χ3n) is 5.10. The summed E-state index contributed by atoms with van der Waals surface area (Å²) >= 11 is 8.16. The van der Waals surface area contributed by atoms with Gasteiger partial charge in [0.25, 0.3) is 5.89 Å². The van der Waals surface area contributed by atoms with E-state index in [0.717, 1.165) is 26.6 Å². The molecule has 0 unspecified atom stereocenters. The van der Waals surface area contributed by atoms with Crippen molar-refractivity contribution in [2.45, 2.75) is 18.9 Å². The second-order valence-corrected chi connectivity index (χ2v) is 8.58. The van der Waals surface area contributed by atoms with Crippen molar-refractivity contribution < 1.29 is 4.52 Å². The Hall–Kier alpha value is -3.54. The van der Waals surface area contributed by atoms with Crippen molar-refractivity contribution in [2.24, 2.45) is 0 Å². The summed E-state index contributed by atoms with van der Waals surface area (Å²) in [4.78, 5) is 14.5. The Kier molecular flexibility index (Phi) is 4.58.